The second-order valence-corrected chi connectivity index (χ2v) is 4.20. The highest BCUT2D eigenvalue weighted by Crippen LogP contribution is 2.28. The van der Waals surface area contributed by atoms with Crippen molar-refractivity contribution < 1.29 is 4.42 Å². The largest absolute Gasteiger partial charge is 0.460 e. The number of hydrogen-bond donors (Lipinski definition) is 2. The number of furan rings is 1. The van der Waals surface area contributed by atoms with Crippen LogP contribution in [-0.4, -0.2) is 9.97 Å². The molecule has 0 amide bonds. The van der Waals surface area contributed by atoms with Crippen molar-refractivity contribution in [1.29, 1.82) is 0 Å². The van der Waals surface area contributed by atoms with Crippen LogP contribution < -0.4 is 11.3 Å². The van der Waals surface area contributed by atoms with Crippen molar-refractivity contribution in [2.45, 2.75) is 13.8 Å². The molecule has 84 valence electrons. The van der Waals surface area contributed by atoms with E-state index in [1.165, 1.54) is 0 Å². The summed E-state index contributed by atoms with van der Waals surface area (Å²) in [5, 5.41) is 0. The maximum Gasteiger partial charge on any atom is 0.199 e. The zero-order valence-electron chi connectivity index (χ0n) is 8.91. The van der Waals surface area contributed by atoms with Crippen LogP contribution in [0.4, 0.5) is 5.82 Å². The van der Waals surface area contributed by atoms with E-state index in [-0.39, 0.29) is 0 Å². The molecule has 0 atom stereocenters. The predicted molar refractivity (Wildman–Crippen MR) is 64.7 cm³/mol. The Labute approximate surface area is 101 Å². The van der Waals surface area contributed by atoms with Crippen LogP contribution in [0, 0.1) is 13.8 Å². The number of aromatic nitrogens is 2. The summed E-state index contributed by atoms with van der Waals surface area (Å²) < 4.78 is 6.12. The molecule has 0 saturated heterocycles. The molecule has 0 aliphatic carbocycles. The summed E-state index contributed by atoms with van der Waals surface area (Å²) in [6.07, 6.45) is 1.58. The van der Waals surface area contributed by atoms with Crippen LogP contribution in [0.15, 0.2) is 21.2 Å². The molecule has 0 spiro atoms. The van der Waals surface area contributed by atoms with E-state index < -0.39 is 0 Å². The number of nitrogens with two attached hydrogens (primary N) is 1. The van der Waals surface area contributed by atoms with Gasteiger partial charge in [0.25, 0.3) is 0 Å². The van der Waals surface area contributed by atoms with E-state index in [0.717, 1.165) is 15.7 Å². The number of hydrazine groups is 1. The molecule has 0 radical (unpaired) electrons. The van der Waals surface area contributed by atoms with E-state index in [2.05, 4.69) is 31.3 Å². The smallest absolute Gasteiger partial charge is 0.199 e. The molecular weight excluding hydrogens is 272 g/mol. The first-order valence-corrected chi connectivity index (χ1v) is 5.48. The molecule has 2 aromatic heterocycles. The van der Waals surface area contributed by atoms with Gasteiger partial charge in [-0.1, -0.05) is 0 Å². The topological polar surface area (TPSA) is 77.0 Å². The van der Waals surface area contributed by atoms with Crippen molar-refractivity contribution in [2.75, 3.05) is 5.43 Å². The fourth-order valence-electron chi connectivity index (χ4n) is 1.32. The molecular formula is C10H11BrN4O. The van der Waals surface area contributed by atoms with Crippen LogP contribution in [0.2, 0.25) is 0 Å². The quantitative estimate of drug-likeness (QED) is 0.653. The highest BCUT2D eigenvalue weighted by atomic mass is 79.9. The van der Waals surface area contributed by atoms with Crippen molar-refractivity contribution in [3.63, 3.8) is 0 Å². The lowest BCUT2D eigenvalue weighted by Crippen LogP contribution is -2.12. The molecule has 6 heteroatoms. The first-order valence-electron chi connectivity index (χ1n) is 4.68. The summed E-state index contributed by atoms with van der Waals surface area (Å²) in [5.74, 6) is 7.10. The molecule has 0 aliphatic heterocycles. The summed E-state index contributed by atoms with van der Waals surface area (Å²) in [6.45, 7) is 3.81. The number of rotatable bonds is 2. The summed E-state index contributed by atoms with van der Waals surface area (Å²) in [4.78, 5) is 8.64. The van der Waals surface area contributed by atoms with Gasteiger partial charge in [0.05, 0.1) is 10.7 Å². The number of nitrogen functional groups attached to an aromatic ring is 1. The lowest BCUT2D eigenvalue weighted by atomic mass is 10.2. The molecule has 2 heterocycles. The maximum atomic E-state index is 5.40. The van der Waals surface area contributed by atoms with Gasteiger partial charge >= 0.3 is 0 Å². The number of nitrogens with zero attached hydrogens (tertiary/aromatic N) is 2. The molecule has 16 heavy (non-hydrogen) atoms. The normalized spacial score (nSPS) is 10.5. The molecule has 0 saturated carbocycles. The molecule has 0 aliphatic rings. The predicted octanol–water partition coefficient (Wildman–Crippen LogP) is 2.40. The first kappa shape index (κ1) is 11.1. The van der Waals surface area contributed by atoms with E-state index in [0.29, 0.717) is 17.4 Å². The van der Waals surface area contributed by atoms with E-state index in [9.17, 15) is 0 Å². The van der Waals surface area contributed by atoms with Gasteiger partial charge < -0.3 is 9.84 Å². The molecule has 0 fully saturated rings. The van der Waals surface area contributed by atoms with Gasteiger partial charge in [0.1, 0.15) is 5.82 Å². The Balaban J connectivity index is 2.59. The van der Waals surface area contributed by atoms with Crippen molar-refractivity contribution in [3.05, 3.63) is 28.1 Å². The van der Waals surface area contributed by atoms with Crippen molar-refractivity contribution >= 4 is 21.7 Å². The fourth-order valence-corrected chi connectivity index (χ4v) is 1.70. The Morgan fingerprint density at radius 3 is 2.69 bits per heavy atom. The number of halogens is 1. The molecule has 5 nitrogen and oxygen atoms in total. The van der Waals surface area contributed by atoms with E-state index >= 15 is 0 Å². The Hall–Kier alpha value is -1.40. The van der Waals surface area contributed by atoms with Gasteiger partial charge in [-0.2, -0.15) is 0 Å². The monoisotopic (exact) mass is 282 g/mol. The van der Waals surface area contributed by atoms with Gasteiger partial charge in [0.15, 0.2) is 11.6 Å². The van der Waals surface area contributed by atoms with Crippen LogP contribution in [0.5, 0.6) is 0 Å². The molecule has 2 rings (SSSR count). The standard InChI is InChI=1S/C10H11BrN4O/c1-5-6(2)13-10(14-9(5)15-12)8-7(11)3-4-16-8/h3-4H,12H2,1-2H3,(H,13,14,15). The third-order valence-electron chi connectivity index (χ3n) is 2.35. The summed E-state index contributed by atoms with van der Waals surface area (Å²) in [6, 6.07) is 1.80. The second kappa shape index (κ2) is 4.23. The lowest BCUT2D eigenvalue weighted by molar-refractivity contribution is 0.575. The number of hydrogen-bond acceptors (Lipinski definition) is 5. The third-order valence-corrected chi connectivity index (χ3v) is 2.97. The van der Waals surface area contributed by atoms with Gasteiger partial charge in [0.2, 0.25) is 0 Å². The van der Waals surface area contributed by atoms with Crippen LogP contribution in [0.3, 0.4) is 0 Å². The van der Waals surface area contributed by atoms with Crippen molar-refractivity contribution in [1.82, 2.24) is 9.97 Å². The SMILES string of the molecule is Cc1nc(-c2occc2Br)nc(NN)c1C. The van der Waals surface area contributed by atoms with Crippen LogP contribution in [0.25, 0.3) is 11.6 Å². The van der Waals surface area contributed by atoms with Crippen molar-refractivity contribution in [2.24, 2.45) is 5.84 Å². The molecule has 3 N–H and O–H groups in total. The highest BCUT2D eigenvalue weighted by Gasteiger charge is 2.13. The van der Waals surface area contributed by atoms with E-state index in [1.54, 1.807) is 12.3 Å². The Morgan fingerprint density at radius 1 is 1.38 bits per heavy atom. The fraction of sp³-hybridized carbons (Fsp3) is 0.200. The van der Waals surface area contributed by atoms with Crippen LogP contribution >= 0.6 is 15.9 Å². The third kappa shape index (κ3) is 1.81. The highest BCUT2D eigenvalue weighted by molar-refractivity contribution is 9.10. The summed E-state index contributed by atoms with van der Waals surface area (Å²) >= 11 is 3.37. The average molecular weight is 283 g/mol. The Bertz CT molecular complexity index is 524. The van der Waals surface area contributed by atoms with Crippen LogP contribution in [-0.2, 0) is 0 Å². The lowest BCUT2D eigenvalue weighted by Gasteiger charge is -2.08. The molecule has 2 aromatic rings. The molecule has 0 unspecified atom stereocenters. The zero-order valence-corrected chi connectivity index (χ0v) is 10.5. The van der Waals surface area contributed by atoms with Gasteiger partial charge in [0, 0.05) is 11.3 Å². The van der Waals surface area contributed by atoms with Crippen LogP contribution in [0.1, 0.15) is 11.3 Å². The summed E-state index contributed by atoms with van der Waals surface area (Å²) in [5.41, 5.74) is 4.34. The number of anilines is 1. The van der Waals surface area contributed by atoms with Gasteiger partial charge in [-0.15, -0.1) is 0 Å². The van der Waals surface area contributed by atoms with E-state index in [1.807, 2.05) is 13.8 Å². The minimum absolute atomic E-state index is 0.507. The van der Waals surface area contributed by atoms with Crippen molar-refractivity contribution in [3.8, 4) is 11.6 Å². The molecule has 0 aromatic carbocycles. The van der Waals surface area contributed by atoms with Gasteiger partial charge in [-0.05, 0) is 35.8 Å². The molecule has 0 bridgehead atoms. The Kier molecular flexibility index (Phi) is 2.93. The van der Waals surface area contributed by atoms with Gasteiger partial charge in [-0.3, -0.25) is 0 Å². The minimum Gasteiger partial charge on any atom is -0.460 e. The number of nitrogens with one attached hydrogen (secondary N) is 1. The van der Waals surface area contributed by atoms with Gasteiger partial charge in [-0.25, -0.2) is 15.8 Å². The summed E-state index contributed by atoms with van der Waals surface area (Å²) in [7, 11) is 0. The minimum atomic E-state index is 0.507. The second-order valence-electron chi connectivity index (χ2n) is 3.35. The maximum absolute atomic E-state index is 5.40. The number of aryl methyl sites for hydroxylation is 1. The average Bonchev–Trinajstić information content (AvgIpc) is 2.68. The van der Waals surface area contributed by atoms with E-state index in [4.69, 9.17) is 10.3 Å². The zero-order chi connectivity index (χ0) is 11.7. The first-order chi connectivity index (χ1) is 7.63. The Morgan fingerprint density at radius 2 is 2.12 bits per heavy atom.